The van der Waals surface area contributed by atoms with Gasteiger partial charge in [0.15, 0.2) is 5.69 Å². The Bertz CT molecular complexity index is 982. The molecule has 0 radical (unpaired) electrons. The van der Waals surface area contributed by atoms with Gasteiger partial charge in [-0.15, -0.1) is 0 Å². The molecular formula is C23H32N4O5. The van der Waals surface area contributed by atoms with Crippen LogP contribution in [0.25, 0.3) is 10.9 Å². The minimum absolute atomic E-state index is 0.107. The zero-order valence-corrected chi connectivity index (χ0v) is 18.7. The number of aliphatic hydroxyl groups is 1. The van der Waals surface area contributed by atoms with Crippen LogP contribution in [0.1, 0.15) is 62.5 Å². The molecular weight excluding hydrogens is 412 g/mol. The monoisotopic (exact) mass is 444 g/mol. The maximum Gasteiger partial charge on any atom is 0.407 e. The predicted molar refractivity (Wildman–Crippen MR) is 119 cm³/mol. The highest BCUT2D eigenvalue weighted by molar-refractivity contribution is 6.05. The van der Waals surface area contributed by atoms with Crippen LogP contribution in [0.3, 0.4) is 0 Å². The van der Waals surface area contributed by atoms with Crippen LogP contribution in [0.5, 0.6) is 0 Å². The standard InChI is InChI=1S/C23H32N4O5/c1-15(2)27-19-6-4-3-5-18(19)20(25-27)21(28)24-16-7-8-17(26(14-16)22(29)30)13-23(31)9-11-32-12-10-23/h3-6,15-17,31H,7-14H2,1-2H3,(H,24,28)(H,29,30). The number of hydrogen-bond donors (Lipinski definition) is 3. The Hall–Kier alpha value is -2.65. The van der Waals surface area contributed by atoms with Crippen molar-refractivity contribution in [3.05, 3.63) is 30.0 Å². The van der Waals surface area contributed by atoms with Gasteiger partial charge in [-0.25, -0.2) is 4.79 Å². The number of aromatic nitrogens is 2. The Kier molecular flexibility index (Phi) is 6.39. The fourth-order valence-corrected chi connectivity index (χ4v) is 4.89. The van der Waals surface area contributed by atoms with Crippen molar-refractivity contribution in [3.63, 3.8) is 0 Å². The SMILES string of the molecule is CC(C)n1nc(C(=O)NC2CCC(CC3(O)CCOCC3)N(C(=O)O)C2)c2ccccc21. The Morgan fingerprint density at radius 3 is 2.66 bits per heavy atom. The first-order chi connectivity index (χ1) is 15.3. The number of para-hydroxylation sites is 1. The zero-order chi connectivity index (χ0) is 22.9. The molecule has 3 N–H and O–H groups in total. The lowest BCUT2D eigenvalue weighted by molar-refractivity contribution is -0.0821. The summed E-state index contributed by atoms with van der Waals surface area (Å²) in [7, 11) is 0. The molecule has 2 fully saturated rings. The van der Waals surface area contributed by atoms with Crippen LogP contribution in [0, 0.1) is 0 Å². The molecule has 9 heteroatoms. The highest BCUT2D eigenvalue weighted by atomic mass is 16.5. The summed E-state index contributed by atoms with van der Waals surface area (Å²) in [5, 5.41) is 29.0. The number of fused-ring (bicyclic) bond motifs is 1. The van der Waals surface area contributed by atoms with Crippen LogP contribution in [0.4, 0.5) is 4.79 Å². The average Bonchev–Trinajstić information content (AvgIpc) is 3.15. The van der Waals surface area contributed by atoms with Crippen molar-refractivity contribution in [2.75, 3.05) is 19.8 Å². The van der Waals surface area contributed by atoms with Gasteiger partial charge in [0.05, 0.1) is 11.1 Å². The fourth-order valence-electron chi connectivity index (χ4n) is 4.89. The van der Waals surface area contributed by atoms with Crippen LogP contribution < -0.4 is 5.32 Å². The van der Waals surface area contributed by atoms with E-state index in [-0.39, 0.29) is 30.6 Å². The van der Waals surface area contributed by atoms with Gasteiger partial charge >= 0.3 is 6.09 Å². The van der Waals surface area contributed by atoms with Crippen LogP contribution >= 0.6 is 0 Å². The Balaban J connectivity index is 1.46. The second-order valence-electron chi connectivity index (χ2n) is 9.28. The van der Waals surface area contributed by atoms with Gasteiger partial charge in [-0.3, -0.25) is 9.48 Å². The van der Waals surface area contributed by atoms with Crippen LogP contribution in [0.2, 0.25) is 0 Å². The maximum absolute atomic E-state index is 13.1. The van der Waals surface area contributed by atoms with Gasteiger partial charge in [0, 0.05) is 43.3 Å². The molecule has 4 rings (SSSR count). The van der Waals surface area contributed by atoms with E-state index in [1.165, 1.54) is 4.90 Å². The second-order valence-corrected chi connectivity index (χ2v) is 9.28. The molecule has 2 aliphatic heterocycles. The van der Waals surface area contributed by atoms with Crippen molar-refractivity contribution >= 4 is 22.9 Å². The number of likely N-dealkylation sites (tertiary alicyclic amines) is 1. The zero-order valence-electron chi connectivity index (χ0n) is 18.7. The Morgan fingerprint density at radius 2 is 1.97 bits per heavy atom. The molecule has 2 unspecified atom stereocenters. The first kappa shape index (κ1) is 22.5. The normalized spacial score (nSPS) is 23.4. The lowest BCUT2D eigenvalue weighted by Crippen LogP contribution is -2.56. The van der Waals surface area contributed by atoms with E-state index < -0.39 is 11.7 Å². The maximum atomic E-state index is 13.1. The number of carboxylic acid groups (broad SMARTS) is 1. The third-order valence-corrected chi connectivity index (χ3v) is 6.64. The Labute approximate surface area is 187 Å². The van der Waals surface area contributed by atoms with Crippen molar-refractivity contribution in [3.8, 4) is 0 Å². The molecule has 1 aromatic heterocycles. The van der Waals surface area contributed by atoms with Crippen molar-refractivity contribution in [2.45, 2.75) is 69.7 Å². The summed E-state index contributed by atoms with van der Waals surface area (Å²) >= 11 is 0. The molecule has 0 bridgehead atoms. The first-order valence-electron chi connectivity index (χ1n) is 11.4. The summed E-state index contributed by atoms with van der Waals surface area (Å²) in [6.07, 6.45) is 1.63. The van der Waals surface area contributed by atoms with E-state index >= 15 is 0 Å². The van der Waals surface area contributed by atoms with E-state index in [1.54, 1.807) is 0 Å². The third-order valence-electron chi connectivity index (χ3n) is 6.64. The van der Waals surface area contributed by atoms with Gasteiger partial charge in [-0.1, -0.05) is 18.2 Å². The van der Waals surface area contributed by atoms with Crippen molar-refractivity contribution in [1.29, 1.82) is 0 Å². The number of nitrogens with one attached hydrogen (secondary N) is 1. The van der Waals surface area contributed by atoms with E-state index in [0.717, 1.165) is 10.9 Å². The molecule has 2 aromatic rings. The molecule has 3 heterocycles. The molecule has 174 valence electrons. The van der Waals surface area contributed by atoms with E-state index in [1.807, 2.05) is 42.8 Å². The smallest absolute Gasteiger partial charge is 0.407 e. The largest absolute Gasteiger partial charge is 0.465 e. The second kappa shape index (κ2) is 9.07. The summed E-state index contributed by atoms with van der Waals surface area (Å²) in [4.78, 5) is 26.4. The fraction of sp³-hybridized carbons (Fsp3) is 0.609. The molecule has 2 amide bonds. The van der Waals surface area contributed by atoms with Gasteiger partial charge in [0.1, 0.15) is 0 Å². The van der Waals surface area contributed by atoms with Crippen LogP contribution in [0.15, 0.2) is 24.3 Å². The average molecular weight is 445 g/mol. The van der Waals surface area contributed by atoms with Crippen molar-refractivity contribution in [1.82, 2.24) is 20.0 Å². The summed E-state index contributed by atoms with van der Waals surface area (Å²) in [5.74, 6) is -0.294. The van der Waals surface area contributed by atoms with Crippen molar-refractivity contribution in [2.24, 2.45) is 0 Å². The highest BCUT2D eigenvalue weighted by Crippen LogP contribution is 2.31. The van der Waals surface area contributed by atoms with Crippen LogP contribution in [-0.2, 0) is 4.74 Å². The Morgan fingerprint density at radius 1 is 1.25 bits per heavy atom. The van der Waals surface area contributed by atoms with Gasteiger partial charge in [0.2, 0.25) is 0 Å². The molecule has 0 aliphatic carbocycles. The van der Waals surface area contributed by atoms with Gasteiger partial charge < -0.3 is 25.2 Å². The summed E-state index contributed by atoms with van der Waals surface area (Å²) in [5.41, 5.74) is 0.359. The van der Waals surface area contributed by atoms with E-state index in [9.17, 15) is 19.8 Å². The minimum atomic E-state index is -1.03. The summed E-state index contributed by atoms with van der Waals surface area (Å²) < 4.78 is 7.17. The molecule has 2 atom stereocenters. The van der Waals surface area contributed by atoms with Gasteiger partial charge in [-0.05, 0) is 52.0 Å². The lowest BCUT2D eigenvalue weighted by atomic mass is 9.83. The molecule has 9 nitrogen and oxygen atoms in total. The topological polar surface area (TPSA) is 117 Å². The van der Waals surface area contributed by atoms with Crippen molar-refractivity contribution < 1.29 is 24.5 Å². The number of ether oxygens (including phenoxy) is 1. The number of nitrogens with zero attached hydrogens (tertiary/aromatic N) is 3. The predicted octanol–water partition coefficient (Wildman–Crippen LogP) is 2.79. The number of amides is 2. The molecule has 0 saturated carbocycles. The number of rotatable bonds is 5. The molecule has 1 aromatic carbocycles. The number of carbonyl (C=O) groups is 2. The van der Waals surface area contributed by atoms with Crippen LogP contribution in [-0.4, -0.2) is 74.3 Å². The van der Waals surface area contributed by atoms with Gasteiger partial charge in [0.25, 0.3) is 5.91 Å². The summed E-state index contributed by atoms with van der Waals surface area (Å²) in [6, 6.07) is 7.15. The lowest BCUT2D eigenvalue weighted by Gasteiger charge is -2.42. The molecule has 0 spiro atoms. The number of hydrogen-bond acceptors (Lipinski definition) is 5. The molecule has 2 saturated heterocycles. The first-order valence-corrected chi connectivity index (χ1v) is 11.4. The van der Waals surface area contributed by atoms with E-state index in [0.29, 0.717) is 51.0 Å². The van der Waals surface area contributed by atoms with Gasteiger partial charge in [-0.2, -0.15) is 5.10 Å². The summed E-state index contributed by atoms with van der Waals surface area (Å²) in [6.45, 7) is 5.21. The molecule has 32 heavy (non-hydrogen) atoms. The van der Waals surface area contributed by atoms with E-state index in [2.05, 4.69) is 10.4 Å². The highest BCUT2D eigenvalue weighted by Gasteiger charge is 2.39. The van der Waals surface area contributed by atoms with E-state index in [4.69, 9.17) is 4.74 Å². The number of benzene rings is 1. The number of carbonyl (C=O) groups excluding carboxylic acids is 1. The number of piperidine rings is 1. The molecule has 2 aliphatic rings. The third kappa shape index (κ3) is 4.59. The minimum Gasteiger partial charge on any atom is -0.465 e. The quantitative estimate of drug-likeness (QED) is 0.653.